The molecule has 0 radical (unpaired) electrons. The topological polar surface area (TPSA) is 63.3 Å². The van der Waals surface area contributed by atoms with Crippen molar-refractivity contribution in [3.8, 4) is 16.9 Å². The molecule has 0 heterocycles. The van der Waals surface area contributed by atoms with Crippen LogP contribution >= 0.6 is 0 Å². The molecule has 0 aliphatic carbocycles. The van der Waals surface area contributed by atoms with Gasteiger partial charge in [0.05, 0.1) is 7.11 Å². The SMILES string of the molecule is COc1ccc(-c2ccccc2)cc1.O=[NH+][O-]. The summed E-state index contributed by atoms with van der Waals surface area (Å²) in [5.74, 6) is 0.893. The molecular formula is C13H13NO3. The third-order valence-electron chi connectivity index (χ3n) is 2.20. The largest absolute Gasteiger partial charge is 0.497 e. The third-order valence-corrected chi connectivity index (χ3v) is 2.20. The van der Waals surface area contributed by atoms with E-state index in [1.165, 1.54) is 11.1 Å². The fraction of sp³-hybridized carbons (Fsp3) is 0.0769. The Labute approximate surface area is 99.4 Å². The zero-order chi connectivity index (χ0) is 12.5. The average molecular weight is 231 g/mol. The number of benzene rings is 2. The molecule has 2 aromatic carbocycles. The van der Waals surface area contributed by atoms with Crippen LogP contribution in [0.4, 0.5) is 0 Å². The Kier molecular flexibility index (Phi) is 5.24. The van der Waals surface area contributed by atoms with Crippen LogP contribution in [0.25, 0.3) is 11.1 Å². The van der Waals surface area contributed by atoms with E-state index in [0.29, 0.717) is 0 Å². The molecule has 0 atom stereocenters. The average Bonchev–Trinajstić information content (AvgIpc) is 2.41. The fourth-order valence-electron chi connectivity index (χ4n) is 1.41. The highest BCUT2D eigenvalue weighted by Crippen LogP contribution is 2.21. The second-order valence-corrected chi connectivity index (χ2v) is 3.18. The number of nitrogens with one attached hydrogen (secondary N) is 1. The van der Waals surface area contributed by atoms with E-state index in [-0.39, 0.29) is 5.34 Å². The highest BCUT2D eigenvalue weighted by atomic mass is 16.6. The Bertz CT molecular complexity index is 440. The van der Waals surface area contributed by atoms with Crippen molar-refractivity contribution in [2.24, 2.45) is 0 Å². The van der Waals surface area contributed by atoms with Gasteiger partial charge in [-0.05, 0) is 23.3 Å². The zero-order valence-corrected chi connectivity index (χ0v) is 9.42. The van der Waals surface area contributed by atoms with Gasteiger partial charge in [0.1, 0.15) is 5.75 Å². The molecule has 0 saturated carbocycles. The summed E-state index contributed by atoms with van der Waals surface area (Å²) < 4.78 is 5.11. The summed E-state index contributed by atoms with van der Waals surface area (Å²) in [6.45, 7) is 0. The quantitative estimate of drug-likeness (QED) is 0.632. The summed E-state index contributed by atoms with van der Waals surface area (Å²) in [4.78, 5) is 8.12. The van der Waals surface area contributed by atoms with Crippen molar-refractivity contribution < 1.29 is 10.1 Å². The maximum Gasteiger partial charge on any atom is 0.118 e. The van der Waals surface area contributed by atoms with Crippen molar-refractivity contribution in [3.63, 3.8) is 0 Å². The molecule has 0 aliphatic rings. The Morgan fingerprint density at radius 2 is 1.41 bits per heavy atom. The first-order valence-electron chi connectivity index (χ1n) is 5.00. The summed E-state index contributed by atoms with van der Waals surface area (Å²) in [5, 5.41) is 8.38. The third kappa shape index (κ3) is 3.95. The summed E-state index contributed by atoms with van der Waals surface area (Å²) in [6.07, 6.45) is 0. The number of ether oxygens (including phenoxy) is 1. The lowest BCUT2D eigenvalue weighted by Crippen LogP contribution is -2.53. The van der Waals surface area contributed by atoms with E-state index in [1.807, 2.05) is 30.3 Å². The van der Waals surface area contributed by atoms with E-state index in [0.717, 1.165) is 5.75 Å². The minimum absolute atomic E-state index is 0.250. The monoisotopic (exact) mass is 231 g/mol. The summed E-state index contributed by atoms with van der Waals surface area (Å²) in [7, 11) is 1.68. The number of rotatable bonds is 2. The van der Waals surface area contributed by atoms with Crippen LogP contribution in [0.15, 0.2) is 54.6 Å². The van der Waals surface area contributed by atoms with Crippen LogP contribution in [-0.4, -0.2) is 7.11 Å². The van der Waals surface area contributed by atoms with E-state index < -0.39 is 0 Å². The molecule has 0 saturated heterocycles. The molecule has 0 unspecified atom stereocenters. The van der Waals surface area contributed by atoms with Gasteiger partial charge in [0, 0.05) is 5.34 Å². The van der Waals surface area contributed by atoms with Crippen LogP contribution in [-0.2, 0) is 0 Å². The molecule has 0 amide bonds. The Morgan fingerprint density at radius 3 is 1.88 bits per heavy atom. The van der Waals surface area contributed by atoms with Gasteiger partial charge in [0.2, 0.25) is 0 Å². The summed E-state index contributed by atoms with van der Waals surface area (Å²) in [5.41, 5.74) is 2.45. The van der Waals surface area contributed by atoms with Gasteiger partial charge in [0.15, 0.2) is 0 Å². The molecule has 4 heteroatoms. The van der Waals surface area contributed by atoms with Gasteiger partial charge >= 0.3 is 0 Å². The second kappa shape index (κ2) is 7.00. The highest BCUT2D eigenvalue weighted by Gasteiger charge is 1.95. The van der Waals surface area contributed by atoms with Crippen LogP contribution in [0.5, 0.6) is 5.75 Å². The number of hydrogen-bond acceptors (Lipinski definition) is 3. The van der Waals surface area contributed by atoms with Crippen molar-refractivity contribution >= 4 is 0 Å². The van der Waals surface area contributed by atoms with Gasteiger partial charge in [-0.1, -0.05) is 42.5 Å². The summed E-state index contributed by atoms with van der Waals surface area (Å²) >= 11 is 0. The lowest BCUT2D eigenvalue weighted by Gasteiger charge is -2.02. The van der Waals surface area contributed by atoms with Crippen molar-refractivity contribution in [1.29, 1.82) is 0 Å². The predicted octanol–water partition coefficient (Wildman–Crippen LogP) is 1.69. The van der Waals surface area contributed by atoms with Crippen LogP contribution in [0.2, 0.25) is 0 Å². The lowest BCUT2D eigenvalue weighted by molar-refractivity contribution is -0.398. The molecule has 4 nitrogen and oxygen atoms in total. The molecule has 2 aromatic rings. The highest BCUT2D eigenvalue weighted by molar-refractivity contribution is 5.63. The molecule has 0 bridgehead atoms. The van der Waals surface area contributed by atoms with Crippen LogP contribution in [0.3, 0.4) is 0 Å². The molecule has 2 rings (SSSR count). The fourth-order valence-corrected chi connectivity index (χ4v) is 1.41. The Morgan fingerprint density at radius 1 is 0.941 bits per heavy atom. The first-order valence-corrected chi connectivity index (χ1v) is 5.00. The standard InChI is InChI=1S/C13H12O.HNO2/c1-14-13-9-7-12(8-10-13)11-5-3-2-4-6-11;2-1-3/h2-10H,1H3;1H. The van der Waals surface area contributed by atoms with Crippen molar-refractivity contribution in [2.75, 3.05) is 7.11 Å². The second-order valence-electron chi connectivity index (χ2n) is 3.18. The molecule has 0 aliphatic heterocycles. The Hall–Kier alpha value is -2.36. The van der Waals surface area contributed by atoms with E-state index in [1.54, 1.807) is 7.11 Å². The maximum atomic E-state index is 8.12. The smallest absolute Gasteiger partial charge is 0.118 e. The van der Waals surface area contributed by atoms with Gasteiger partial charge in [-0.2, -0.15) is 0 Å². The molecule has 0 aromatic heterocycles. The molecule has 0 fully saturated rings. The molecule has 0 spiro atoms. The molecule has 1 N–H and O–H groups in total. The number of methoxy groups -OCH3 is 1. The minimum atomic E-state index is 0.250. The van der Waals surface area contributed by atoms with E-state index in [4.69, 9.17) is 14.9 Å². The van der Waals surface area contributed by atoms with Gasteiger partial charge in [-0.15, -0.1) is 0 Å². The van der Waals surface area contributed by atoms with Crippen LogP contribution < -0.4 is 10.1 Å². The van der Waals surface area contributed by atoms with Crippen molar-refractivity contribution in [2.45, 2.75) is 0 Å². The molecule has 88 valence electrons. The van der Waals surface area contributed by atoms with E-state index >= 15 is 0 Å². The van der Waals surface area contributed by atoms with Crippen LogP contribution in [0, 0.1) is 10.1 Å². The van der Waals surface area contributed by atoms with Gasteiger partial charge < -0.3 is 4.74 Å². The first kappa shape index (κ1) is 12.7. The van der Waals surface area contributed by atoms with E-state index in [9.17, 15) is 0 Å². The van der Waals surface area contributed by atoms with Crippen LogP contribution in [0.1, 0.15) is 0 Å². The predicted molar refractivity (Wildman–Crippen MR) is 66.1 cm³/mol. The van der Waals surface area contributed by atoms with Crippen molar-refractivity contribution in [3.05, 3.63) is 64.7 Å². The summed E-state index contributed by atoms with van der Waals surface area (Å²) in [6, 6.07) is 18.4. The first-order chi connectivity index (χ1) is 8.31. The van der Waals surface area contributed by atoms with Gasteiger partial charge in [-0.25, -0.2) is 0 Å². The maximum absolute atomic E-state index is 8.12. The molecular weight excluding hydrogens is 218 g/mol. The molecule has 17 heavy (non-hydrogen) atoms. The van der Waals surface area contributed by atoms with Crippen molar-refractivity contribution in [1.82, 2.24) is 0 Å². The normalized spacial score (nSPS) is 8.76. The minimum Gasteiger partial charge on any atom is -0.497 e. The Balaban J connectivity index is 0.000000437. The van der Waals surface area contributed by atoms with E-state index in [2.05, 4.69) is 24.3 Å². The zero-order valence-electron chi connectivity index (χ0n) is 9.42. The van der Waals surface area contributed by atoms with Gasteiger partial charge in [-0.3, -0.25) is 10.1 Å². The number of hydrogen-bond donors (Lipinski definition) is 1. The lowest BCUT2D eigenvalue weighted by atomic mass is 10.1. The van der Waals surface area contributed by atoms with Gasteiger partial charge in [0.25, 0.3) is 0 Å².